The van der Waals surface area contributed by atoms with Gasteiger partial charge in [0.25, 0.3) is 0 Å². The highest BCUT2D eigenvalue weighted by Crippen LogP contribution is 2.36. The number of nitrogens with zero attached hydrogens (tertiary/aromatic N) is 5. The molecule has 0 radical (unpaired) electrons. The SMILES string of the molecule is Cc1cccc2cccc(N3CCc4c(nc(OCC5CCCN5C)nc4N4CC5CCC(C4)N5)C3)c12.[HH]. The third-order valence-electron chi connectivity index (χ3n) is 9.05. The fourth-order valence-electron chi connectivity index (χ4n) is 7.02. The van der Waals surface area contributed by atoms with Crippen molar-refractivity contribution in [3.8, 4) is 6.01 Å². The average Bonchev–Trinajstić information content (AvgIpc) is 3.49. The van der Waals surface area contributed by atoms with Crippen molar-refractivity contribution < 1.29 is 6.16 Å². The van der Waals surface area contributed by atoms with Gasteiger partial charge in [0.2, 0.25) is 0 Å². The van der Waals surface area contributed by atoms with Crippen LogP contribution in [0.4, 0.5) is 11.5 Å². The first kappa shape index (κ1) is 23.2. The molecule has 4 aliphatic rings. The number of rotatable bonds is 5. The number of hydrogen-bond donors (Lipinski definition) is 1. The first-order chi connectivity index (χ1) is 18.1. The summed E-state index contributed by atoms with van der Waals surface area (Å²) in [7, 11) is 2.20. The Balaban J connectivity index is 0.00000264. The van der Waals surface area contributed by atoms with E-state index in [4.69, 9.17) is 14.7 Å². The number of likely N-dealkylation sites (N-methyl/N-ethyl adjacent to an activating group) is 1. The Morgan fingerprint density at radius 2 is 1.81 bits per heavy atom. The Morgan fingerprint density at radius 1 is 1.00 bits per heavy atom. The van der Waals surface area contributed by atoms with Crippen LogP contribution in [0.5, 0.6) is 6.01 Å². The summed E-state index contributed by atoms with van der Waals surface area (Å²) < 4.78 is 6.33. The zero-order valence-electron chi connectivity index (χ0n) is 22.1. The number of hydrogen-bond acceptors (Lipinski definition) is 7. The first-order valence-electron chi connectivity index (χ1n) is 14.1. The van der Waals surface area contributed by atoms with Gasteiger partial charge in [0, 0.05) is 55.8 Å². The van der Waals surface area contributed by atoms with E-state index in [1.807, 2.05) is 0 Å². The Bertz CT molecular complexity index is 1300. The van der Waals surface area contributed by atoms with Crippen molar-refractivity contribution in [1.82, 2.24) is 20.2 Å². The maximum atomic E-state index is 6.33. The standard InChI is InChI=1S/C30H38N6O.H2/c1-20-6-3-7-21-8-4-10-27(28(20)21)35-15-13-25-26(18-35)32-30(37-19-24-9-5-14-34(24)2)33-29(25)36-16-22-11-12-23(17-36)31-22;/h3-4,6-8,10,22-24,31H,5,9,11-19H2,1-2H3;1H. The lowest BCUT2D eigenvalue weighted by molar-refractivity contribution is 0.187. The van der Waals surface area contributed by atoms with Crippen LogP contribution >= 0.6 is 0 Å². The summed E-state index contributed by atoms with van der Waals surface area (Å²) in [6.07, 6.45) is 5.91. The molecule has 3 saturated heterocycles. The summed E-state index contributed by atoms with van der Waals surface area (Å²) in [5.74, 6) is 1.12. The molecule has 0 saturated carbocycles. The number of likely N-dealkylation sites (tertiary alicyclic amines) is 1. The highest BCUT2D eigenvalue weighted by molar-refractivity contribution is 5.97. The molecule has 7 rings (SSSR count). The molecule has 1 N–H and O–H groups in total. The van der Waals surface area contributed by atoms with Crippen LogP contribution in [-0.2, 0) is 13.0 Å². The molecule has 1 aromatic heterocycles. The molecule has 2 aromatic carbocycles. The molecule has 37 heavy (non-hydrogen) atoms. The lowest BCUT2D eigenvalue weighted by Crippen LogP contribution is -2.52. The predicted molar refractivity (Wildman–Crippen MR) is 151 cm³/mol. The van der Waals surface area contributed by atoms with Crippen LogP contribution in [0.3, 0.4) is 0 Å². The minimum Gasteiger partial charge on any atom is -0.462 e. The largest absolute Gasteiger partial charge is 0.462 e. The molecule has 0 spiro atoms. The number of anilines is 2. The highest BCUT2D eigenvalue weighted by atomic mass is 16.5. The van der Waals surface area contributed by atoms with Gasteiger partial charge in [-0.3, -0.25) is 0 Å². The van der Waals surface area contributed by atoms with Crippen molar-refractivity contribution in [1.29, 1.82) is 0 Å². The molecule has 3 atom stereocenters. The monoisotopic (exact) mass is 500 g/mol. The smallest absolute Gasteiger partial charge is 0.318 e. The molecule has 2 bridgehead atoms. The first-order valence-corrected chi connectivity index (χ1v) is 14.1. The molecule has 4 aliphatic heterocycles. The number of aryl methyl sites for hydroxylation is 1. The molecule has 3 aromatic rings. The maximum Gasteiger partial charge on any atom is 0.318 e. The van der Waals surface area contributed by atoms with E-state index < -0.39 is 0 Å². The predicted octanol–water partition coefficient (Wildman–Crippen LogP) is 4.16. The summed E-state index contributed by atoms with van der Waals surface area (Å²) in [5.41, 5.74) is 5.07. The Labute approximate surface area is 221 Å². The maximum absolute atomic E-state index is 6.33. The van der Waals surface area contributed by atoms with E-state index >= 15 is 0 Å². The van der Waals surface area contributed by atoms with Gasteiger partial charge in [0.1, 0.15) is 12.4 Å². The zero-order valence-corrected chi connectivity index (χ0v) is 22.1. The van der Waals surface area contributed by atoms with E-state index in [1.54, 1.807) is 0 Å². The minimum absolute atomic E-state index is 0. The van der Waals surface area contributed by atoms with Crippen LogP contribution in [0.1, 0.15) is 43.9 Å². The van der Waals surface area contributed by atoms with E-state index in [-0.39, 0.29) is 1.43 Å². The number of nitrogens with one attached hydrogen (secondary N) is 1. The van der Waals surface area contributed by atoms with Crippen molar-refractivity contribution in [2.75, 3.05) is 49.6 Å². The fraction of sp³-hybridized carbons (Fsp3) is 0.533. The quantitative estimate of drug-likeness (QED) is 0.565. The van der Waals surface area contributed by atoms with E-state index in [9.17, 15) is 0 Å². The number of aromatic nitrogens is 2. The minimum atomic E-state index is 0. The van der Waals surface area contributed by atoms with Crippen LogP contribution in [0.2, 0.25) is 0 Å². The van der Waals surface area contributed by atoms with E-state index in [0.29, 0.717) is 30.7 Å². The molecule has 3 fully saturated rings. The molecule has 3 unspecified atom stereocenters. The van der Waals surface area contributed by atoms with Crippen LogP contribution in [-0.4, -0.2) is 72.8 Å². The van der Waals surface area contributed by atoms with Gasteiger partial charge >= 0.3 is 6.01 Å². The number of fused-ring (bicyclic) bond motifs is 4. The van der Waals surface area contributed by atoms with Gasteiger partial charge in [0.15, 0.2) is 0 Å². The normalized spacial score (nSPS) is 25.6. The molecule has 0 aliphatic carbocycles. The van der Waals surface area contributed by atoms with Crippen LogP contribution in [0.25, 0.3) is 10.8 Å². The van der Waals surface area contributed by atoms with Gasteiger partial charge in [-0.1, -0.05) is 30.3 Å². The van der Waals surface area contributed by atoms with Gasteiger partial charge in [-0.25, -0.2) is 0 Å². The van der Waals surface area contributed by atoms with Crippen molar-refractivity contribution in [2.24, 2.45) is 0 Å². The highest BCUT2D eigenvalue weighted by Gasteiger charge is 2.35. The van der Waals surface area contributed by atoms with Gasteiger partial charge in [-0.2, -0.15) is 9.97 Å². The summed E-state index contributed by atoms with van der Waals surface area (Å²) in [6.45, 7) is 7.84. The van der Waals surface area contributed by atoms with Gasteiger partial charge < -0.3 is 24.8 Å². The summed E-state index contributed by atoms with van der Waals surface area (Å²) in [6, 6.07) is 15.4. The lowest BCUT2D eigenvalue weighted by atomic mass is 9.99. The molecule has 0 amide bonds. The van der Waals surface area contributed by atoms with E-state index in [0.717, 1.165) is 50.7 Å². The third-order valence-corrected chi connectivity index (χ3v) is 9.05. The molecular formula is C30H40N6O. The molecule has 5 heterocycles. The molecule has 196 valence electrons. The lowest BCUT2D eigenvalue weighted by Gasteiger charge is -2.37. The fourth-order valence-corrected chi connectivity index (χ4v) is 7.02. The van der Waals surface area contributed by atoms with Gasteiger partial charge in [0.05, 0.1) is 12.2 Å². The van der Waals surface area contributed by atoms with Crippen molar-refractivity contribution >= 4 is 22.3 Å². The van der Waals surface area contributed by atoms with Gasteiger partial charge in [-0.05, 0) is 69.6 Å². The Kier molecular flexibility index (Phi) is 5.93. The zero-order chi connectivity index (χ0) is 24.9. The summed E-state index contributed by atoms with van der Waals surface area (Å²) in [5, 5.41) is 6.42. The van der Waals surface area contributed by atoms with Crippen LogP contribution in [0.15, 0.2) is 36.4 Å². The summed E-state index contributed by atoms with van der Waals surface area (Å²) in [4.78, 5) is 17.6. The van der Waals surface area contributed by atoms with Crippen molar-refractivity contribution in [3.05, 3.63) is 53.2 Å². The Morgan fingerprint density at radius 3 is 2.59 bits per heavy atom. The summed E-state index contributed by atoms with van der Waals surface area (Å²) >= 11 is 0. The van der Waals surface area contributed by atoms with Crippen LogP contribution < -0.4 is 19.9 Å². The molecular weight excluding hydrogens is 460 g/mol. The second-order valence-electron chi connectivity index (χ2n) is 11.5. The van der Waals surface area contributed by atoms with Gasteiger partial charge in [-0.15, -0.1) is 0 Å². The van der Waals surface area contributed by atoms with Crippen molar-refractivity contribution in [2.45, 2.75) is 63.7 Å². The van der Waals surface area contributed by atoms with E-state index in [2.05, 4.69) is 70.4 Å². The number of benzene rings is 2. The molecule has 7 nitrogen and oxygen atoms in total. The average molecular weight is 501 g/mol. The van der Waals surface area contributed by atoms with Crippen LogP contribution in [0, 0.1) is 6.92 Å². The number of ether oxygens (including phenoxy) is 1. The second-order valence-corrected chi connectivity index (χ2v) is 11.5. The second kappa shape index (κ2) is 9.44. The number of piperazine rings is 1. The van der Waals surface area contributed by atoms with E-state index in [1.165, 1.54) is 53.3 Å². The third kappa shape index (κ3) is 4.32. The topological polar surface area (TPSA) is 56.8 Å². The molecule has 7 heteroatoms. The Hall–Kier alpha value is -2.90. The van der Waals surface area contributed by atoms with Crippen molar-refractivity contribution in [3.63, 3.8) is 0 Å².